The Hall–Kier alpha value is -1.76. The number of rotatable bonds is 4. The summed E-state index contributed by atoms with van der Waals surface area (Å²) in [6.45, 7) is 0. The number of benzene rings is 2. The molecule has 5 heteroatoms. The number of fused-ring (bicyclic) bond motifs is 1. The van der Waals surface area contributed by atoms with Crippen LogP contribution in [-0.2, 0) is 6.42 Å². The zero-order valence-electron chi connectivity index (χ0n) is 13.1. The predicted molar refractivity (Wildman–Crippen MR) is 97.2 cm³/mol. The number of hydrogen-bond donors (Lipinski definition) is 1. The van der Waals surface area contributed by atoms with Crippen LogP contribution in [0, 0.1) is 3.57 Å². The van der Waals surface area contributed by atoms with Crippen molar-refractivity contribution in [2.75, 3.05) is 14.2 Å². The topological polar surface area (TPSA) is 47.6 Å². The van der Waals surface area contributed by atoms with Crippen LogP contribution in [0.15, 0.2) is 36.4 Å². The van der Waals surface area contributed by atoms with Crippen LogP contribution in [0.4, 0.5) is 0 Å². The molecule has 0 aromatic heterocycles. The number of amides is 1. The monoisotopic (exact) mass is 423 g/mol. The summed E-state index contributed by atoms with van der Waals surface area (Å²) in [5.41, 5.74) is 3.14. The van der Waals surface area contributed by atoms with E-state index in [0.29, 0.717) is 17.1 Å². The molecule has 0 radical (unpaired) electrons. The Morgan fingerprint density at radius 3 is 2.61 bits per heavy atom. The van der Waals surface area contributed by atoms with Gasteiger partial charge in [0.25, 0.3) is 5.91 Å². The summed E-state index contributed by atoms with van der Waals surface area (Å²) in [7, 11) is 3.16. The minimum Gasteiger partial charge on any atom is -0.493 e. The van der Waals surface area contributed by atoms with Crippen LogP contribution in [0.25, 0.3) is 0 Å². The van der Waals surface area contributed by atoms with Crippen molar-refractivity contribution in [2.24, 2.45) is 0 Å². The number of carbonyl (C=O) groups is 1. The van der Waals surface area contributed by atoms with Crippen molar-refractivity contribution in [3.05, 3.63) is 56.7 Å². The van der Waals surface area contributed by atoms with Gasteiger partial charge in [-0.2, -0.15) is 0 Å². The lowest BCUT2D eigenvalue weighted by Gasteiger charge is -2.16. The quantitative estimate of drug-likeness (QED) is 0.763. The second kappa shape index (κ2) is 6.78. The first-order chi connectivity index (χ1) is 11.1. The predicted octanol–water partition coefficient (Wildman–Crippen LogP) is 3.73. The Bertz CT molecular complexity index is 745. The molecule has 0 fully saturated rings. The van der Waals surface area contributed by atoms with E-state index < -0.39 is 0 Å². The molecule has 1 unspecified atom stereocenters. The third-order valence-electron chi connectivity index (χ3n) is 4.16. The van der Waals surface area contributed by atoms with Gasteiger partial charge in [-0.3, -0.25) is 4.79 Å². The molecule has 0 heterocycles. The Kier molecular flexibility index (Phi) is 4.75. The Labute approximate surface area is 149 Å². The van der Waals surface area contributed by atoms with Gasteiger partial charge in [-0.1, -0.05) is 24.3 Å². The molecule has 23 heavy (non-hydrogen) atoms. The highest BCUT2D eigenvalue weighted by molar-refractivity contribution is 14.1. The van der Waals surface area contributed by atoms with Gasteiger partial charge >= 0.3 is 0 Å². The van der Waals surface area contributed by atoms with E-state index in [1.165, 1.54) is 11.1 Å². The smallest absolute Gasteiger partial charge is 0.252 e. The third-order valence-corrected chi connectivity index (χ3v) is 5.05. The molecule has 1 aliphatic rings. The Morgan fingerprint density at radius 1 is 1.17 bits per heavy atom. The summed E-state index contributed by atoms with van der Waals surface area (Å²) in [5, 5.41) is 3.14. The van der Waals surface area contributed by atoms with Crippen molar-refractivity contribution in [3.8, 4) is 11.5 Å². The van der Waals surface area contributed by atoms with E-state index in [-0.39, 0.29) is 11.9 Å². The number of ether oxygens (including phenoxy) is 2. The molecular weight excluding hydrogens is 405 g/mol. The molecule has 1 amide bonds. The minimum absolute atomic E-state index is 0.0718. The fraction of sp³-hybridized carbons (Fsp3) is 0.278. The van der Waals surface area contributed by atoms with Crippen LogP contribution < -0.4 is 14.8 Å². The number of nitrogens with one attached hydrogen (secondary N) is 1. The van der Waals surface area contributed by atoms with Crippen molar-refractivity contribution in [1.29, 1.82) is 0 Å². The fourth-order valence-electron chi connectivity index (χ4n) is 2.97. The Morgan fingerprint density at radius 2 is 1.87 bits per heavy atom. The van der Waals surface area contributed by atoms with E-state index >= 15 is 0 Å². The van der Waals surface area contributed by atoms with Gasteiger partial charge < -0.3 is 14.8 Å². The van der Waals surface area contributed by atoms with Crippen molar-refractivity contribution >= 4 is 28.5 Å². The number of hydrogen-bond acceptors (Lipinski definition) is 3. The van der Waals surface area contributed by atoms with E-state index in [0.717, 1.165) is 16.4 Å². The van der Waals surface area contributed by atoms with Crippen LogP contribution >= 0.6 is 22.6 Å². The molecule has 2 aromatic rings. The number of halogens is 1. The lowest BCUT2D eigenvalue weighted by atomic mass is 10.1. The molecule has 3 rings (SSSR count). The van der Waals surface area contributed by atoms with Crippen LogP contribution in [0.1, 0.15) is 33.9 Å². The highest BCUT2D eigenvalue weighted by Gasteiger charge is 2.25. The second-order valence-electron chi connectivity index (χ2n) is 5.45. The molecule has 0 aliphatic heterocycles. The maximum atomic E-state index is 12.7. The van der Waals surface area contributed by atoms with E-state index in [1.54, 1.807) is 20.3 Å². The van der Waals surface area contributed by atoms with Gasteiger partial charge in [-0.05, 0) is 58.7 Å². The van der Waals surface area contributed by atoms with Gasteiger partial charge in [0.05, 0.1) is 25.8 Å². The molecule has 1 N–H and O–H groups in total. The molecule has 4 nitrogen and oxygen atoms in total. The summed E-state index contributed by atoms with van der Waals surface area (Å²) in [6, 6.07) is 11.9. The molecule has 1 atom stereocenters. The molecule has 1 aliphatic carbocycles. The van der Waals surface area contributed by atoms with Gasteiger partial charge in [-0.15, -0.1) is 0 Å². The van der Waals surface area contributed by atoms with Crippen LogP contribution in [0.5, 0.6) is 11.5 Å². The van der Waals surface area contributed by atoms with E-state index in [4.69, 9.17) is 9.47 Å². The lowest BCUT2D eigenvalue weighted by Crippen LogP contribution is -2.27. The number of methoxy groups -OCH3 is 2. The van der Waals surface area contributed by atoms with Crippen molar-refractivity contribution < 1.29 is 14.3 Å². The first-order valence-corrected chi connectivity index (χ1v) is 8.52. The van der Waals surface area contributed by atoms with Crippen LogP contribution in [-0.4, -0.2) is 20.1 Å². The molecule has 120 valence electrons. The van der Waals surface area contributed by atoms with Crippen LogP contribution in [0.3, 0.4) is 0 Å². The summed E-state index contributed by atoms with van der Waals surface area (Å²) < 4.78 is 11.4. The molecule has 2 aromatic carbocycles. The summed E-state index contributed by atoms with van der Waals surface area (Å²) in [4.78, 5) is 12.7. The maximum Gasteiger partial charge on any atom is 0.252 e. The normalized spacial score (nSPS) is 15.9. The summed E-state index contributed by atoms with van der Waals surface area (Å²) in [6.07, 6.45) is 1.94. The van der Waals surface area contributed by atoms with E-state index in [9.17, 15) is 4.79 Å². The fourth-order valence-corrected chi connectivity index (χ4v) is 3.65. The highest BCUT2D eigenvalue weighted by atomic mass is 127. The molecule has 0 saturated heterocycles. The zero-order valence-corrected chi connectivity index (χ0v) is 15.2. The molecule has 0 bridgehead atoms. The number of carbonyl (C=O) groups excluding carboxylic acids is 1. The zero-order chi connectivity index (χ0) is 16.4. The molecule has 0 spiro atoms. The van der Waals surface area contributed by atoms with E-state index in [2.05, 4.69) is 40.0 Å². The first-order valence-electron chi connectivity index (χ1n) is 7.44. The Balaban J connectivity index is 1.84. The SMILES string of the molecule is COc1cc(I)c(C(=O)NC2CCc3ccccc32)cc1OC. The summed E-state index contributed by atoms with van der Waals surface area (Å²) >= 11 is 2.15. The number of aryl methyl sites for hydroxylation is 1. The largest absolute Gasteiger partial charge is 0.493 e. The van der Waals surface area contributed by atoms with Gasteiger partial charge in [0.15, 0.2) is 11.5 Å². The van der Waals surface area contributed by atoms with E-state index in [1.807, 2.05) is 18.2 Å². The second-order valence-corrected chi connectivity index (χ2v) is 6.61. The standard InChI is InChI=1S/C18H18INO3/c1-22-16-9-13(14(19)10-17(16)23-2)18(21)20-15-8-7-11-5-3-4-6-12(11)15/h3-6,9-10,15H,7-8H2,1-2H3,(H,20,21). The van der Waals surface area contributed by atoms with Crippen molar-refractivity contribution in [2.45, 2.75) is 18.9 Å². The van der Waals surface area contributed by atoms with Crippen LogP contribution in [0.2, 0.25) is 0 Å². The van der Waals surface area contributed by atoms with Gasteiger partial charge in [0.1, 0.15) is 0 Å². The van der Waals surface area contributed by atoms with Gasteiger partial charge in [0.2, 0.25) is 0 Å². The minimum atomic E-state index is -0.0861. The van der Waals surface area contributed by atoms with Gasteiger partial charge in [0, 0.05) is 3.57 Å². The highest BCUT2D eigenvalue weighted by Crippen LogP contribution is 2.33. The lowest BCUT2D eigenvalue weighted by molar-refractivity contribution is 0.0935. The average molecular weight is 423 g/mol. The third kappa shape index (κ3) is 3.15. The average Bonchev–Trinajstić information content (AvgIpc) is 2.97. The van der Waals surface area contributed by atoms with Crippen molar-refractivity contribution in [3.63, 3.8) is 0 Å². The van der Waals surface area contributed by atoms with Gasteiger partial charge in [-0.25, -0.2) is 0 Å². The van der Waals surface area contributed by atoms with Crippen molar-refractivity contribution in [1.82, 2.24) is 5.32 Å². The summed E-state index contributed by atoms with van der Waals surface area (Å²) in [5.74, 6) is 1.10. The molecular formula is C18H18INO3. The first kappa shape index (κ1) is 16.1. The molecule has 0 saturated carbocycles. The maximum absolute atomic E-state index is 12.7.